The number of anilines is 1. The van der Waals surface area contributed by atoms with Crippen molar-refractivity contribution < 1.29 is 14.3 Å². The van der Waals surface area contributed by atoms with Crippen LogP contribution in [0.25, 0.3) is 0 Å². The predicted molar refractivity (Wildman–Crippen MR) is 78.3 cm³/mol. The third-order valence-electron chi connectivity index (χ3n) is 3.52. The second-order valence-electron chi connectivity index (χ2n) is 5.45. The Morgan fingerprint density at radius 2 is 2.05 bits per heavy atom. The first-order valence-corrected chi connectivity index (χ1v) is 6.61. The summed E-state index contributed by atoms with van der Waals surface area (Å²) in [4.78, 5) is 25.8. The summed E-state index contributed by atoms with van der Waals surface area (Å²) in [6.07, 6.45) is 0.612. The van der Waals surface area contributed by atoms with Gasteiger partial charge in [-0.1, -0.05) is 13.5 Å². The number of fused-ring (bicyclic) bond motifs is 1. The van der Waals surface area contributed by atoms with Crippen molar-refractivity contribution in [1.29, 1.82) is 0 Å². The largest absolute Gasteiger partial charge is 0.476 e. The first-order chi connectivity index (χ1) is 9.27. The van der Waals surface area contributed by atoms with Crippen LogP contribution in [0.5, 0.6) is 5.75 Å². The van der Waals surface area contributed by atoms with Crippen LogP contribution in [-0.2, 0) is 4.79 Å². The van der Waals surface area contributed by atoms with Crippen molar-refractivity contribution in [3.8, 4) is 5.75 Å². The molecule has 1 aliphatic rings. The lowest BCUT2D eigenvalue weighted by Crippen LogP contribution is -2.50. The number of amides is 1. The fraction of sp³-hybridized carbons (Fsp3) is 0.375. The molecule has 1 amide bonds. The molecule has 1 aromatic rings. The Balaban J connectivity index is 2.45. The summed E-state index contributed by atoms with van der Waals surface area (Å²) < 4.78 is 5.73. The monoisotopic (exact) mass is 273 g/mol. The quantitative estimate of drug-likeness (QED) is 0.628. The Labute approximate surface area is 119 Å². The SMILES string of the molecule is C=C(CC)C(=O)c1ccc2c(c1)OC(C)(C)C(=O)N2C. The zero-order valence-corrected chi connectivity index (χ0v) is 12.3. The minimum absolute atomic E-state index is 0.0868. The molecule has 4 nitrogen and oxygen atoms in total. The van der Waals surface area contributed by atoms with E-state index < -0.39 is 5.60 Å². The molecule has 0 aromatic heterocycles. The topological polar surface area (TPSA) is 46.6 Å². The van der Waals surface area contributed by atoms with Gasteiger partial charge in [-0.25, -0.2) is 0 Å². The number of benzene rings is 1. The maximum atomic E-state index is 12.1. The van der Waals surface area contributed by atoms with E-state index in [4.69, 9.17) is 4.74 Å². The molecule has 0 bridgehead atoms. The van der Waals surface area contributed by atoms with Gasteiger partial charge < -0.3 is 9.64 Å². The van der Waals surface area contributed by atoms with Crippen LogP contribution in [-0.4, -0.2) is 24.3 Å². The van der Waals surface area contributed by atoms with Crippen molar-refractivity contribution in [3.05, 3.63) is 35.9 Å². The highest BCUT2D eigenvalue weighted by atomic mass is 16.5. The van der Waals surface area contributed by atoms with E-state index in [0.29, 0.717) is 29.0 Å². The number of allylic oxidation sites excluding steroid dienone is 1. The Hall–Kier alpha value is -2.10. The second-order valence-corrected chi connectivity index (χ2v) is 5.45. The normalized spacial score (nSPS) is 16.4. The van der Waals surface area contributed by atoms with Crippen LogP contribution in [0.4, 0.5) is 5.69 Å². The molecule has 0 fully saturated rings. The van der Waals surface area contributed by atoms with Gasteiger partial charge in [0.2, 0.25) is 0 Å². The van der Waals surface area contributed by atoms with E-state index in [2.05, 4.69) is 6.58 Å². The number of carbonyl (C=O) groups excluding carboxylic acids is 2. The van der Waals surface area contributed by atoms with E-state index >= 15 is 0 Å². The molecule has 106 valence electrons. The molecule has 4 heteroatoms. The molecular formula is C16H19NO3. The third-order valence-corrected chi connectivity index (χ3v) is 3.52. The van der Waals surface area contributed by atoms with Crippen LogP contribution in [0.3, 0.4) is 0 Å². The zero-order valence-electron chi connectivity index (χ0n) is 12.3. The number of Topliss-reactive ketones (excluding diaryl/α,β-unsaturated/α-hetero) is 1. The summed E-state index contributed by atoms with van der Waals surface area (Å²) in [6, 6.07) is 5.12. The summed E-state index contributed by atoms with van der Waals surface area (Å²) in [5.74, 6) is 0.352. The highest BCUT2D eigenvalue weighted by molar-refractivity contribution is 6.09. The maximum absolute atomic E-state index is 12.1. The van der Waals surface area contributed by atoms with Crippen LogP contribution in [0.15, 0.2) is 30.4 Å². The fourth-order valence-electron chi connectivity index (χ4n) is 2.21. The summed E-state index contributed by atoms with van der Waals surface area (Å²) in [6.45, 7) is 9.09. The number of rotatable bonds is 3. The van der Waals surface area contributed by atoms with Crippen LogP contribution in [0.1, 0.15) is 37.6 Å². The number of likely N-dealkylation sites (N-methyl/N-ethyl adjacent to an activating group) is 1. The van der Waals surface area contributed by atoms with Crippen LogP contribution < -0.4 is 9.64 Å². The van der Waals surface area contributed by atoms with Gasteiger partial charge >= 0.3 is 0 Å². The molecule has 0 unspecified atom stereocenters. The van der Waals surface area contributed by atoms with Gasteiger partial charge in [-0.15, -0.1) is 0 Å². The highest BCUT2D eigenvalue weighted by Crippen LogP contribution is 2.37. The third kappa shape index (κ3) is 2.22. The van der Waals surface area contributed by atoms with Gasteiger partial charge in [0.15, 0.2) is 11.4 Å². The Morgan fingerprint density at radius 1 is 1.40 bits per heavy atom. The highest BCUT2D eigenvalue weighted by Gasteiger charge is 2.39. The van der Waals surface area contributed by atoms with Gasteiger partial charge in [0.05, 0.1) is 5.69 Å². The van der Waals surface area contributed by atoms with Gasteiger partial charge in [-0.2, -0.15) is 0 Å². The molecule has 1 aliphatic heterocycles. The standard InChI is InChI=1S/C16H19NO3/c1-6-10(2)14(18)11-7-8-12-13(9-11)20-16(3,4)15(19)17(12)5/h7-9H,2,6H2,1,3-5H3. The first-order valence-electron chi connectivity index (χ1n) is 6.61. The summed E-state index contributed by atoms with van der Waals surface area (Å²) >= 11 is 0. The Morgan fingerprint density at radius 3 is 2.65 bits per heavy atom. The molecule has 0 atom stereocenters. The first kappa shape index (κ1) is 14.3. The van der Waals surface area contributed by atoms with Crippen molar-refractivity contribution in [2.45, 2.75) is 32.8 Å². The molecule has 0 saturated carbocycles. The van der Waals surface area contributed by atoms with Crippen molar-refractivity contribution in [2.75, 3.05) is 11.9 Å². The average molecular weight is 273 g/mol. The lowest BCUT2D eigenvalue weighted by molar-refractivity contribution is -0.132. The number of hydrogen-bond donors (Lipinski definition) is 0. The van der Waals surface area contributed by atoms with E-state index in [1.807, 2.05) is 6.92 Å². The number of ketones is 1. The zero-order chi connectivity index (χ0) is 15.1. The average Bonchev–Trinajstić information content (AvgIpc) is 2.42. The van der Waals surface area contributed by atoms with Crippen LogP contribution in [0, 0.1) is 0 Å². The molecule has 0 N–H and O–H groups in total. The van der Waals surface area contributed by atoms with Crippen molar-refractivity contribution in [1.82, 2.24) is 0 Å². The van der Waals surface area contributed by atoms with E-state index in [1.54, 1.807) is 44.0 Å². The molecular weight excluding hydrogens is 254 g/mol. The van der Waals surface area contributed by atoms with Gasteiger partial charge in [0.1, 0.15) is 5.75 Å². The Kier molecular flexibility index (Phi) is 3.42. The molecule has 1 heterocycles. The number of hydrogen-bond acceptors (Lipinski definition) is 3. The van der Waals surface area contributed by atoms with Crippen molar-refractivity contribution in [3.63, 3.8) is 0 Å². The predicted octanol–water partition coefficient (Wildman–Crippen LogP) is 2.97. The van der Waals surface area contributed by atoms with Gasteiger partial charge in [-0.05, 0) is 44.0 Å². The molecule has 1 aromatic carbocycles. The van der Waals surface area contributed by atoms with E-state index in [9.17, 15) is 9.59 Å². The maximum Gasteiger partial charge on any atom is 0.270 e. The number of carbonyl (C=O) groups is 2. The van der Waals surface area contributed by atoms with E-state index in [1.165, 1.54) is 0 Å². The summed E-state index contributed by atoms with van der Waals surface area (Å²) in [5.41, 5.74) is 0.845. The molecule has 0 radical (unpaired) electrons. The summed E-state index contributed by atoms with van der Waals surface area (Å²) in [7, 11) is 1.71. The minimum atomic E-state index is -0.925. The molecule has 0 saturated heterocycles. The molecule has 20 heavy (non-hydrogen) atoms. The van der Waals surface area contributed by atoms with Crippen LogP contribution >= 0.6 is 0 Å². The van der Waals surface area contributed by atoms with Gasteiger partial charge in [0, 0.05) is 12.6 Å². The van der Waals surface area contributed by atoms with E-state index in [0.717, 1.165) is 0 Å². The fourth-order valence-corrected chi connectivity index (χ4v) is 2.21. The van der Waals surface area contributed by atoms with Crippen LogP contribution in [0.2, 0.25) is 0 Å². The summed E-state index contributed by atoms with van der Waals surface area (Å²) in [5, 5.41) is 0. The number of ether oxygens (including phenoxy) is 1. The lowest BCUT2D eigenvalue weighted by atomic mass is 9.99. The van der Waals surface area contributed by atoms with Gasteiger partial charge in [0.25, 0.3) is 5.91 Å². The van der Waals surface area contributed by atoms with Crippen molar-refractivity contribution in [2.24, 2.45) is 0 Å². The van der Waals surface area contributed by atoms with Crippen molar-refractivity contribution >= 4 is 17.4 Å². The number of nitrogens with zero attached hydrogens (tertiary/aromatic N) is 1. The lowest BCUT2D eigenvalue weighted by Gasteiger charge is -2.37. The molecule has 2 rings (SSSR count). The Bertz CT molecular complexity index is 602. The second kappa shape index (κ2) is 4.78. The smallest absolute Gasteiger partial charge is 0.270 e. The van der Waals surface area contributed by atoms with E-state index in [-0.39, 0.29) is 11.7 Å². The molecule has 0 aliphatic carbocycles. The molecule has 0 spiro atoms. The van der Waals surface area contributed by atoms with Gasteiger partial charge in [-0.3, -0.25) is 9.59 Å². The minimum Gasteiger partial charge on any atom is -0.476 e.